The Morgan fingerprint density at radius 2 is 2.08 bits per heavy atom. The first kappa shape index (κ1) is 8.76. The fourth-order valence-corrected chi connectivity index (χ4v) is 2.06. The van der Waals surface area contributed by atoms with Gasteiger partial charge in [0.2, 0.25) is 0 Å². The lowest BCUT2D eigenvalue weighted by molar-refractivity contribution is -0.669. The molecule has 1 atom stereocenters. The van der Waals surface area contributed by atoms with E-state index in [-0.39, 0.29) is 0 Å². The van der Waals surface area contributed by atoms with Crippen LogP contribution in [-0.2, 0) is 6.42 Å². The minimum atomic E-state index is 0.850. The highest BCUT2D eigenvalue weighted by molar-refractivity contribution is 5.21. The van der Waals surface area contributed by atoms with Crippen molar-refractivity contribution in [1.29, 1.82) is 0 Å². The molecular formula is C12H18N+. The molecule has 2 rings (SSSR count). The predicted octanol–water partition coefficient (Wildman–Crippen LogP) is 1.26. The molecule has 0 bridgehead atoms. The zero-order valence-corrected chi connectivity index (χ0v) is 8.29. The number of benzene rings is 1. The third-order valence-electron chi connectivity index (χ3n) is 2.90. The molecule has 0 amide bonds. The molecule has 1 nitrogen and oxygen atoms in total. The van der Waals surface area contributed by atoms with Crippen molar-refractivity contribution >= 4 is 0 Å². The van der Waals surface area contributed by atoms with Gasteiger partial charge in [-0.05, 0) is 12.5 Å². The van der Waals surface area contributed by atoms with Crippen LogP contribution < -0.4 is 5.32 Å². The zero-order chi connectivity index (χ0) is 9.10. The topological polar surface area (TPSA) is 16.6 Å². The van der Waals surface area contributed by atoms with Crippen LogP contribution in [0, 0.1) is 6.92 Å². The molecule has 1 fully saturated rings. The van der Waals surface area contributed by atoms with Gasteiger partial charge in [-0.15, -0.1) is 0 Å². The van der Waals surface area contributed by atoms with Crippen molar-refractivity contribution < 1.29 is 5.32 Å². The second-order valence-electron chi connectivity index (χ2n) is 4.12. The molecule has 1 aromatic rings. The van der Waals surface area contributed by atoms with Gasteiger partial charge < -0.3 is 5.32 Å². The van der Waals surface area contributed by atoms with Gasteiger partial charge in [0.1, 0.15) is 0 Å². The highest BCUT2D eigenvalue weighted by atomic mass is 14.9. The summed E-state index contributed by atoms with van der Waals surface area (Å²) in [7, 11) is 0. The third-order valence-corrected chi connectivity index (χ3v) is 2.90. The van der Waals surface area contributed by atoms with Crippen LogP contribution in [0.4, 0.5) is 0 Å². The number of aryl methyl sites for hydroxylation is 1. The van der Waals surface area contributed by atoms with E-state index in [1.54, 1.807) is 0 Å². The Morgan fingerprint density at radius 1 is 1.31 bits per heavy atom. The maximum Gasteiger partial charge on any atom is 0.0902 e. The number of nitrogens with two attached hydrogens (primary N) is 1. The molecule has 1 aliphatic heterocycles. The van der Waals surface area contributed by atoms with Gasteiger partial charge in [0.05, 0.1) is 12.6 Å². The second kappa shape index (κ2) is 3.93. The normalized spacial score (nSPS) is 22.1. The molecule has 13 heavy (non-hydrogen) atoms. The summed E-state index contributed by atoms with van der Waals surface area (Å²) in [6.07, 6.45) is 4.05. The molecule has 1 saturated heterocycles. The van der Waals surface area contributed by atoms with E-state index < -0.39 is 0 Å². The van der Waals surface area contributed by atoms with Crippen LogP contribution in [0.2, 0.25) is 0 Å². The van der Waals surface area contributed by atoms with Crippen LogP contribution in [0.5, 0.6) is 0 Å². The van der Waals surface area contributed by atoms with Gasteiger partial charge in [-0.3, -0.25) is 0 Å². The molecule has 1 aromatic carbocycles. The van der Waals surface area contributed by atoms with Gasteiger partial charge in [0, 0.05) is 19.3 Å². The maximum absolute atomic E-state index is 2.49. The van der Waals surface area contributed by atoms with E-state index >= 15 is 0 Å². The fourth-order valence-electron chi connectivity index (χ4n) is 2.06. The molecule has 0 aromatic heterocycles. The first-order chi connectivity index (χ1) is 6.34. The van der Waals surface area contributed by atoms with E-state index in [0.717, 1.165) is 6.04 Å². The summed E-state index contributed by atoms with van der Waals surface area (Å²) in [6, 6.07) is 9.81. The average molecular weight is 176 g/mol. The van der Waals surface area contributed by atoms with Crippen molar-refractivity contribution in [3.8, 4) is 0 Å². The lowest BCUT2D eigenvalue weighted by atomic mass is 10.0. The van der Waals surface area contributed by atoms with E-state index in [4.69, 9.17) is 0 Å². The smallest absolute Gasteiger partial charge is 0.0902 e. The monoisotopic (exact) mass is 176 g/mol. The van der Waals surface area contributed by atoms with Crippen LogP contribution in [0.3, 0.4) is 0 Å². The molecule has 1 heteroatoms. The molecule has 2 N–H and O–H groups in total. The summed E-state index contributed by atoms with van der Waals surface area (Å²) in [6.45, 7) is 3.47. The number of hydrogen-bond donors (Lipinski definition) is 1. The summed E-state index contributed by atoms with van der Waals surface area (Å²) in [4.78, 5) is 0. The predicted molar refractivity (Wildman–Crippen MR) is 54.7 cm³/mol. The van der Waals surface area contributed by atoms with Crippen LogP contribution in [0.1, 0.15) is 24.0 Å². The van der Waals surface area contributed by atoms with Crippen LogP contribution in [0.25, 0.3) is 0 Å². The van der Waals surface area contributed by atoms with Gasteiger partial charge in [0.15, 0.2) is 0 Å². The molecule has 1 aliphatic rings. The van der Waals surface area contributed by atoms with Crippen molar-refractivity contribution in [2.24, 2.45) is 0 Å². The van der Waals surface area contributed by atoms with Crippen molar-refractivity contribution in [3.63, 3.8) is 0 Å². The van der Waals surface area contributed by atoms with E-state index in [2.05, 4.69) is 36.5 Å². The molecular weight excluding hydrogens is 158 g/mol. The summed E-state index contributed by atoms with van der Waals surface area (Å²) in [5.41, 5.74) is 2.85. The number of quaternary nitrogens is 1. The van der Waals surface area contributed by atoms with E-state index in [0.29, 0.717) is 0 Å². The van der Waals surface area contributed by atoms with E-state index in [1.165, 1.54) is 36.9 Å². The van der Waals surface area contributed by atoms with Crippen LogP contribution >= 0.6 is 0 Å². The van der Waals surface area contributed by atoms with Crippen molar-refractivity contribution in [3.05, 3.63) is 35.4 Å². The van der Waals surface area contributed by atoms with Gasteiger partial charge in [-0.2, -0.15) is 0 Å². The second-order valence-corrected chi connectivity index (χ2v) is 4.12. The quantitative estimate of drug-likeness (QED) is 0.698. The van der Waals surface area contributed by atoms with E-state index in [1.807, 2.05) is 0 Å². The molecule has 70 valence electrons. The number of hydrogen-bond acceptors (Lipinski definition) is 0. The third kappa shape index (κ3) is 2.31. The Morgan fingerprint density at radius 3 is 2.69 bits per heavy atom. The molecule has 0 spiro atoms. The molecule has 0 unspecified atom stereocenters. The highest BCUT2D eigenvalue weighted by Crippen LogP contribution is 2.08. The van der Waals surface area contributed by atoms with Gasteiger partial charge in [-0.25, -0.2) is 0 Å². The van der Waals surface area contributed by atoms with Gasteiger partial charge in [0.25, 0.3) is 0 Å². The largest absolute Gasteiger partial charge is 0.344 e. The Hall–Kier alpha value is -0.820. The Labute approximate surface area is 80.2 Å². The highest BCUT2D eigenvalue weighted by Gasteiger charge is 2.17. The molecule has 1 heterocycles. The zero-order valence-electron chi connectivity index (χ0n) is 8.29. The average Bonchev–Trinajstić information content (AvgIpc) is 2.62. The lowest BCUT2D eigenvalue weighted by Gasteiger charge is -2.06. The summed E-state index contributed by atoms with van der Waals surface area (Å²) in [5.74, 6) is 0. The maximum atomic E-state index is 2.49. The fraction of sp³-hybridized carbons (Fsp3) is 0.500. The summed E-state index contributed by atoms with van der Waals surface area (Å²) >= 11 is 0. The SMILES string of the molecule is Cc1ccc(C[C@H]2CCC[NH2+]2)cc1. The summed E-state index contributed by atoms with van der Waals surface area (Å²) in [5, 5.41) is 2.49. The minimum absolute atomic E-state index is 0.850. The Balaban J connectivity index is 1.97. The van der Waals surface area contributed by atoms with Gasteiger partial charge in [-0.1, -0.05) is 29.8 Å². The van der Waals surface area contributed by atoms with Crippen molar-refractivity contribution in [2.75, 3.05) is 6.54 Å². The van der Waals surface area contributed by atoms with Crippen molar-refractivity contribution in [2.45, 2.75) is 32.2 Å². The standard InChI is InChI=1S/C12H17N/c1-10-4-6-11(7-5-10)9-12-3-2-8-13-12/h4-7,12-13H,2-3,8-9H2,1H3/p+1/t12-/m1/s1. The van der Waals surface area contributed by atoms with Crippen LogP contribution in [-0.4, -0.2) is 12.6 Å². The minimum Gasteiger partial charge on any atom is -0.344 e. The van der Waals surface area contributed by atoms with E-state index in [9.17, 15) is 0 Å². The number of rotatable bonds is 2. The first-order valence-corrected chi connectivity index (χ1v) is 5.23. The molecule has 0 aliphatic carbocycles. The summed E-state index contributed by atoms with van der Waals surface area (Å²) < 4.78 is 0. The van der Waals surface area contributed by atoms with Crippen LogP contribution in [0.15, 0.2) is 24.3 Å². The van der Waals surface area contributed by atoms with Gasteiger partial charge >= 0.3 is 0 Å². The Bertz CT molecular complexity index is 257. The lowest BCUT2D eigenvalue weighted by Crippen LogP contribution is -2.87. The Kier molecular flexibility index (Phi) is 2.65. The first-order valence-electron chi connectivity index (χ1n) is 5.23. The van der Waals surface area contributed by atoms with Crippen molar-refractivity contribution in [1.82, 2.24) is 0 Å². The molecule has 0 saturated carbocycles. The molecule has 0 radical (unpaired) electrons.